The Labute approximate surface area is 243 Å². The van der Waals surface area contributed by atoms with Crippen molar-refractivity contribution in [1.82, 2.24) is 0 Å². The lowest BCUT2D eigenvalue weighted by Crippen LogP contribution is -2.64. The van der Waals surface area contributed by atoms with Gasteiger partial charge >= 0.3 is 11.9 Å². The molecule has 2 fully saturated rings. The van der Waals surface area contributed by atoms with E-state index >= 15 is 0 Å². The average molecular weight is 571 g/mol. The molecule has 7 atom stereocenters. The molecule has 8 nitrogen and oxygen atoms in total. The summed E-state index contributed by atoms with van der Waals surface area (Å²) in [5, 5.41) is 0. The zero-order chi connectivity index (χ0) is 30.7. The molecule has 0 spiro atoms. The van der Waals surface area contributed by atoms with Crippen LogP contribution in [0.3, 0.4) is 0 Å². The van der Waals surface area contributed by atoms with Crippen LogP contribution in [0, 0.1) is 39.4 Å². The van der Waals surface area contributed by atoms with Gasteiger partial charge in [-0.2, -0.15) is 0 Å². The van der Waals surface area contributed by atoms with Crippen molar-refractivity contribution in [3.63, 3.8) is 0 Å². The maximum Gasteiger partial charge on any atom is 0.305 e. The minimum atomic E-state index is -1.35. The van der Waals surface area contributed by atoms with Gasteiger partial charge in [-0.25, -0.2) is 0 Å². The van der Waals surface area contributed by atoms with Crippen molar-refractivity contribution in [2.24, 2.45) is 39.4 Å². The van der Waals surface area contributed by atoms with Gasteiger partial charge in [0, 0.05) is 60.0 Å². The second kappa shape index (κ2) is 10.6. The molecule has 4 aliphatic rings. The number of esters is 2. The zero-order valence-corrected chi connectivity index (χ0v) is 25.9. The molecule has 0 aliphatic heterocycles. The van der Waals surface area contributed by atoms with Crippen molar-refractivity contribution in [2.75, 3.05) is 6.61 Å². The second-order valence-corrected chi connectivity index (χ2v) is 14.1. The normalized spacial score (nSPS) is 36.8. The third kappa shape index (κ3) is 4.46. The first-order chi connectivity index (χ1) is 19.0. The molecule has 41 heavy (non-hydrogen) atoms. The fourth-order valence-electron chi connectivity index (χ4n) is 8.93. The zero-order valence-electron chi connectivity index (χ0n) is 25.9. The summed E-state index contributed by atoms with van der Waals surface area (Å²) in [7, 11) is 0. The minimum absolute atomic E-state index is 0.0618. The van der Waals surface area contributed by atoms with Gasteiger partial charge in [0.05, 0.1) is 12.0 Å². The largest absolute Gasteiger partial charge is 0.466 e. The van der Waals surface area contributed by atoms with Gasteiger partial charge in [-0.1, -0.05) is 48.0 Å². The number of carbonyl (C=O) groups excluding carboxylic acids is 6. The van der Waals surface area contributed by atoms with Gasteiger partial charge < -0.3 is 9.47 Å². The molecule has 0 bridgehead atoms. The number of rotatable bonds is 8. The van der Waals surface area contributed by atoms with E-state index in [1.165, 1.54) is 6.92 Å². The summed E-state index contributed by atoms with van der Waals surface area (Å²) < 4.78 is 11.2. The number of allylic oxidation sites excluding steroid dienone is 1. The van der Waals surface area contributed by atoms with E-state index in [1.807, 2.05) is 41.5 Å². The van der Waals surface area contributed by atoms with Gasteiger partial charge in [0.2, 0.25) is 5.78 Å². The molecule has 0 aromatic carbocycles. The SMILES string of the molecule is CCCCOC(=O)CC[C@@H](C)[C@H]1CC(=O)[C@@]2(C)C3=C(C(=O)[C@@H](OC(C)=O)[C@]12C)[C@@]1(C)CCC(=O)C(C)(C)[C@@H]1CC3=O. The van der Waals surface area contributed by atoms with Crippen molar-refractivity contribution < 1.29 is 38.2 Å². The summed E-state index contributed by atoms with van der Waals surface area (Å²) >= 11 is 0. The fourth-order valence-corrected chi connectivity index (χ4v) is 8.93. The first-order valence-corrected chi connectivity index (χ1v) is 15.2. The highest BCUT2D eigenvalue weighted by Crippen LogP contribution is 2.70. The first-order valence-electron chi connectivity index (χ1n) is 15.2. The number of hydrogen-bond donors (Lipinski definition) is 0. The summed E-state index contributed by atoms with van der Waals surface area (Å²) in [6, 6.07) is 0. The lowest BCUT2D eigenvalue weighted by molar-refractivity contribution is -0.175. The van der Waals surface area contributed by atoms with Crippen LogP contribution in [0.25, 0.3) is 0 Å². The molecule has 2 saturated carbocycles. The molecule has 4 rings (SSSR count). The van der Waals surface area contributed by atoms with E-state index < -0.39 is 51.4 Å². The fraction of sp³-hybridized carbons (Fsp3) is 0.758. The van der Waals surface area contributed by atoms with E-state index in [0.717, 1.165) is 12.8 Å². The molecular formula is C33H46O8. The highest BCUT2D eigenvalue weighted by atomic mass is 16.5. The number of ether oxygens (including phenoxy) is 2. The van der Waals surface area contributed by atoms with Crippen molar-refractivity contribution in [2.45, 2.75) is 113 Å². The Morgan fingerprint density at radius 1 is 0.976 bits per heavy atom. The number of Topliss-reactive ketones (excluding diaryl/α,β-unsaturated/α-hetero) is 4. The summed E-state index contributed by atoms with van der Waals surface area (Å²) in [5.74, 6) is -2.72. The Morgan fingerprint density at radius 3 is 2.24 bits per heavy atom. The molecular weight excluding hydrogens is 524 g/mol. The average Bonchev–Trinajstić information content (AvgIpc) is 3.10. The summed E-state index contributed by atoms with van der Waals surface area (Å²) in [4.78, 5) is 80.7. The molecule has 0 heterocycles. The summed E-state index contributed by atoms with van der Waals surface area (Å²) in [6.45, 7) is 14.8. The molecule has 0 aromatic heterocycles. The molecule has 0 aromatic rings. The van der Waals surface area contributed by atoms with E-state index in [9.17, 15) is 28.8 Å². The van der Waals surface area contributed by atoms with Gasteiger partial charge in [0.25, 0.3) is 0 Å². The molecule has 0 N–H and O–H groups in total. The Kier molecular flexibility index (Phi) is 8.07. The van der Waals surface area contributed by atoms with E-state index in [-0.39, 0.29) is 66.1 Å². The van der Waals surface area contributed by atoms with Crippen LogP contribution in [0.5, 0.6) is 0 Å². The molecule has 8 heteroatoms. The van der Waals surface area contributed by atoms with Crippen molar-refractivity contribution in [1.29, 1.82) is 0 Å². The van der Waals surface area contributed by atoms with E-state index in [1.54, 1.807) is 6.92 Å². The predicted octanol–water partition coefficient (Wildman–Crippen LogP) is 5.14. The van der Waals surface area contributed by atoms with Crippen LogP contribution in [0.15, 0.2) is 11.1 Å². The minimum Gasteiger partial charge on any atom is -0.466 e. The molecule has 0 unspecified atom stereocenters. The summed E-state index contributed by atoms with van der Waals surface area (Å²) in [6.07, 6.45) is 1.91. The van der Waals surface area contributed by atoms with E-state index in [2.05, 4.69) is 0 Å². The van der Waals surface area contributed by atoms with E-state index in [0.29, 0.717) is 19.4 Å². The van der Waals surface area contributed by atoms with Gasteiger partial charge in [-0.05, 0) is 43.9 Å². The molecule has 0 radical (unpaired) electrons. The second-order valence-electron chi connectivity index (χ2n) is 14.1. The van der Waals surface area contributed by atoms with E-state index in [4.69, 9.17) is 9.47 Å². The van der Waals surface area contributed by atoms with Crippen molar-refractivity contribution >= 4 is 35.1 Å². The highest BCUT2D eigenvalue weighted by Gasteiger charge is 2.74. The Bertz CT molecular complexity index is 1230. The van der Waals surface area contributed by atoms with Crippen LogP contribution < -0.4 is 0 Å². The molecule has 0 saturated heterocycles. The van der Waals surface area contributed by atoms with Gasteiger partial charge in [-0.15, -0.1) is 0 Å². The molecule has 4 aliphatic carbocycles. The number of carbonyl (C=O) groups is 6. The lowest BCUT2D eigenvalue weighted by Gasteiger charge is -2.59. The van der Waals surface area contributed by atoms with Crippen LogP contribution in [-0.2, 0) is 38.2 Å². The number of unbranched alkanes of at least 4 members (excludes halogenated alkanes) is 1. The number of hydrogen-bond acceptors (Lipinski definition) is 8. The van der Waals surface area contributed by atoms with Crippen molar-refractivity contribution in [3.8, 4) is 0 Å². The Balaban J connectivity index is 1.82. The Morgan fingerprint density at radius 2 is 1.63 bits per heavy atom. The monoisotopic (exact) mass is 570 g/mol. The third-order valence-electron chi connectivity index (χ3n) is 11.6. The predicted molar refractivity (Wildman–Crippen MR) is 150 cm³/mol. The van der Waals surface area contributed by atoms with Crippen LogP contribution in [-0.4, -0.2) is 47.8 Å². The summed E-state index contributed by atoms with van der Waals surface area (Å²) in [5.41, 5.74) is -3.62. The van der Waals surface area contributed by atoms with Crippen molar-refractivity contribution in [3.05, 3.63) is 11.1 Å². The highest BCUT2D eigenvalue weighted by molar-refractivity contribution is 6.18. The van der Waals surface area contributed by atoms with Gasteiger partial charge in [-0.3, -0.25) is 28.8 Å². The topological polar surface area (TPSA) is 121 Å². The lowest BCUT2D eigenvalue weighted by atomic mass is 9.42. The standard InChI is InChI=1S/C33H46O8/c1-9-10-15-40-25(38)12-11-18(2)20-16-24(37)33(8)26-21(35)17-22-30(4,5)23(36)13-14-31(22,6)27(26)28(39)29(32(20,33)7)41-19(3)34/h18,20,22,29H,9-17H2,1-8H3/t18-,20-,22+,29-,31+,32+,33+/m1/s1. The first kappa shape index (κ1) is 31.3. The van der Waals surface area contributed by atoms with Crippen LogP contribution >= 0.6 is 0 Å². The number of ketones is 4. The smallest absolute Gasteiger partial charge is 0.305 e. The van der Waals surface area contributed by atoms with Crippen LogP contribution in [0.2, 0.25) is 0 Å². The van der Waals surface area contributed by atoms with Gasteiger partial charge in [0.15, 0.2) is 11.9 Å². The maximum atomic E-state index is 14.6. The quantitative estimate of drug-likeness (QED) is 0.290. The molecule has 226 valence electrons. The molecule has 0 amide bonds. The van der Waals surface area contributed by atoms with Crippen LogP contribution in [0.1, 0.15) is 107 Å². The maximum absolute atomic E-state index is 14.6. The number of fused-ring (bicyclic) bond motifs is 4. The van der Waals surface area contributed by atoms with Crippen LogP contribution in [0.4, 0.5) is 0 Å². The third-order valence-corrected chi connectivity index (χ3v) is 11.6. The Hall–Kier alpha value is -2.64. The van der Waals surface area contributed by atoms with Gasteiger partial charge in [0.1, 0.15) is 11.6 Å².